The normalized spacial score (nSPS) is 11.2. The van der Waals surface area contributed by atoms with Gasteiger partial charge in [-0.05, 0) is 5.92 Å². The van der Waals surface area contributed by atoms with Crippen LogP contribution in [0.3, 0.4) is 0 Å². The Morgan fingerprint density at radius 2 is 2.23 bits per heavy atom. The lowest BCUT2D eigenvalue weighted by molar-refractivity contribution is 0.576. The van der Waals surface area contributed by atoms with E-state index in [2.05, 4.69) is 5.10 Å². The van der Waals surface area contributed by atoms with E-state index in [1.54, 1.807) is 0 Å². The molecule has 0 aliphatic heterocycles. The summed E-state index contributed by atoms with van der Waals surface area (Å²) in [6, 6.07) is 0. The van der Waals surface area contributed by atoms with Crippen LogP contribution >= 0.6 is 0 Å². The highest BCUT2D eigenvalue weighted by molar-refractivity contribution is 5.07. The molecule has 0 fully saturated rings. The lowest BCUT2D eigenvalue weighted by Gasteiger charge is -2.00. The van der Waals surface area contributed by atoms with Crippen LogP contribution in [-0.4, -0.2) is 16.3 Å². The Balaban J connectivity index is 3.13. The zero-order chi connectivity index (χ0) is 10.0. The van der Waals surface area contributed by atoms with Gasteiger partial charge in [-0.15, -0.1) is 0 Å². The van der Waals surface area contributed by atoms with Crippen molar-refractivity contribution in [2.75, 3.05) is 6.54 Å². The van der Waals surface area contributed by atoms with Crippen LogP contribution in [0.15, 0.2) is 4.79 Å². The van der Waals surface area contributed by atoms with Crippen LogP contribution in [0.1, 0.15) is 25.5 Å². The molecular weight excluding hydrogens is 173 g/mol. The molecule has 0 aliphatic carbocycles. The van der Waals surface area contributed by atoms with Gasteiger partial charge in [-0.3, -0.25) is 9.89 Å². The van der Waals surface area contributed by atoms with Crippen molar-refractivity contribution in [2.24, 2.45) is 5.73 Å². The molecule has 0 unspecified atom stereocenters. The number of aromatic amines is 1. The van der Waals surface area contributed by atoms with E-state index in [-0.39, 0.29) is 5.92 Å². The number of halogens is 1. The highest BCUT2D eigenvalue weighted by Crippen LogP contribution is 2.12. The maximum atomic E-state index is 13.2. The minimum Gasteiger partial charge on any atom is -0.329 e. The number of hydrogen-bond acceptors (Lipinski definition) is 2. The molecule has 0 saturated carbocycles. The fourth-order valence-electron chi connectivity index (χ4n) is 1.15. The first kappa shape index (κ1) is 9.98. The predicted octanol–water partition coefficient (Wildman–Crippen LogP) is 0.398. The molecule has 0 spiro atoms. The van der Waals surface area contributed by atoms with Crippen molar-refractivity contribution in [1.29, 1.82) is 0 Å². The van der Waals surface area contributed by atoms with Gasteiger partial charge in [0.1, 0.15) is 0 Å². The van der Waals surface area contributed by atoms with E-state index in [9.17, 15) is 9.18 Å². The number of nitrogens with zero attached hydrogens (tertiary/aromatic N) is 1. The molecule has 0 saturated heterocycles. The Hall–Kier alpha value is -1.10. The van der Waals surface area contributed by atoms with Crippen molar-refractivity contribution in [3.05, 3.63) is 21.9 Å². The molecule has 1 heterocycles. The Morgan fingerprint density at radius 3 is 2.62 bits per heavy atom. The Bertz CT molecular complexity index is 340. The lowest BCUT2D eigenvalue weighted by atomic mass is 10.1. The van der Waals surface area contributed by atoms with Crippen LogP contribution < -0.4 is 11.3 Å². The molecule has 74 valence electrons. The number of rotatable bonds is 3. The first-order chi connectivity index (χ1) is 6.07. The number of aromatic nitrogens is 2. The van der Waals surface area contributed by atoms with E-state index in [1.807, 2.05) is 13.8 Å². The molecule has 0 bridgehead atoms. The van der Waals surface area contributed by atoms with Crippen LogP contribution in [0, 0.1) is 5.82 Å². The van der Waals surface area contributed by atoms with Gasteiger partial charge in [0, 0.05) is 6.54 Å². The first-order valence-corrected chi connectivity index (χ1v) is 4.26. The number of hydrogen-bond donors (Lipinski definition) is 2. The maximum absolute atomic E-state index is 13.2. The van der Waals surface area contributed by atoms with Crippen molar-refractivity contribution in [3.63, 3.8) is 0 Å². The van der Waals surface area contributed by atoms with Crippen LogP contribution in [0.5, 0.6) is 0 Å². The molecule has 13 heavy (non-hydrogen) atoms. The Kier molecular flexibility index (Phi) is 2.87. The van der Waals surface area contributed by atoms with E-state index in [0.29, 0.717) is 18.8 Å². The maximum Gasteiger partial charge on any atom is 0.302 e. The summed E-state index contributed by atoms with van der Waals surface area (Å²) in [5, 5.41) is 2.70. The zero-order valence-electron chi connectivity index (χ0n) is 7.80. The van der Waals surface area contributed by atoms with Gasteiger partial charge in [0.05, 0.1) is 12.2 Å². The van der Waals surface area contributed by atoms with Gasteiger partial charge in [0.25, 0.3) is 0 Å². The van der Waals surface area contributed by atoms with Gasteiger partial charge < -0.3 is 5.73 Å². The topological polar surface area (TPSA) is 63.8 Å². The molecule has 1 rings (SSSR count). The summed E-state index contributed by atoms with van der Waals surface area (Å²) in [4.78, 5) is 11.2. The molecule has 1 aromatic heterocycles. The second kappa shape index (κ2) is 3.74. The van der Waals surface area contributed by atoms with Gasteiger partial charge in [-0.1, -0.05) is 13.8 Å². The molecule has 1 aromatic rings. The third-order valence-corrected chi connectivity index (χ3v) is 1.85. The van der Waals surface area contributed by atoms with Crippen LogP contribution in [0.25, 0.3) is 0 Å². The smallest absolute Gasteiger partial charge is 0.302 e. The van der Waals surface area contributed by atoms with Gasteiger partial charge in [0.2, 0.25) is 5.82 Å². The molecule has 3 N–H and O–H groups in total. The highest BCUT2D eigenvalue weighted by Gasteiger charge is 2.15. The largest absolute Gasteiger partial charge is 0.329 e. The van der Waals surface area contributed by atoms with E-state index in [0.717, 1.165) is 0 Å². The van der Waals surface area contributed by atoms with Gasteiger partial charge in [-0.25, -0.2) is 4.68 Å². The SMILES string of the molecule is CC(C)c1[nH]n(CCN)c(=O)c1F. The minimum atomic E-state index is -0.691. The van der Waals surface area contributed by atoms with Crippen LogP contribution in [0.4, 0.5) is 4.39 Å². The molecule has 5 heteroatoms. The molecule has 0 atom stereocenters. The van der Waals surface area contributed by atoms with Crippen molar-refractivity contribution in [2.45, 2.75) is 26.3 Å². The van der Waals surface area contributed by atoms with Crippen molar-refractivity contribution < 1.29 is 4.39 Å². The quantitative estimate of drug-likeness (QED) is 0.719. The van der Waals surface area contributed by atoms with Crippen LogP contribution in [0.2, 0.25) is 0 Å². The standard InChI is InChI=1S/C8H14FN3O/c1-5(2)7-6(9)8(13)12(11-7)4-3-10/h5,11H,3-4,10H2,1-2H3. The second-order valence-corrected chi connectivity index (χ2v) is 3.24. The van der Waals surface area contributed by atoms with Gasteiger partial charge in [-0.2, -0.15) is 4.39 Å². The van der Waals surface area contributed by atoms with E-state index < -0.39 is 11.4 Å². The summed E-state index contributed by atoms with van der Waals surface area (Å²) in [6.45, 7) is 4.28. The van der Waals surface area contributed by atoms with Crippen LogP contribution in [-0.2, 0) is 6.54 Å². The summed E-state index contributed by atoms with van der Waals surface area (Å²) >= 11 is 0. The minimum absolute atomic E-state index is 0.0216. The van der Waals surface area contributed by atoms with E-state index >= 15 is 0 Å². The van der Waals surface area contributed by atoms with Gasteiger partial charge in [0.15, 0.2) is 0 Å². The first-order valence-electron chi connectivity index (χ1n) is 4.26. The second-order valence-electron chi connectivity index (χ2n) is 3.24. The lowest BCUT2D eigenvalue weighted by Crippen LogP contribution is -2.22. The monoisotopic (exact) mass is 187 g/mol. The number of nitrogens with one attached hydrogen (secondary N) is 1. The molecule has 0 radical (unpaired) electrons. The third-order valence-electron chi connectivity index (χ3n) is 1.85. The summed E-state index contributed by atoms with van der Waals surface area (Å²) < 4.78 is 14.4. The summed E-state index contributed by atoms with van der Waals surface area (Å²) in [5.74, 6) is -0.713. The molecular formula is C8H14FN3O. The average molecular weight is 187 g/mol. The van der Waals surface area contributed by atoms with Gasteiger partial charge >= 0.3 is 5.56 Å². The molecule has 0 aromatic carbocycles. The predicted molar refractivity (Wildman–Crippen MR) is 48.2 cm³/mol. The summed E-state index contributed by atoms with van der Waals surface area (Å²) in [6.07, 6.45) is 0. The van der Waals surface area contributed by atoms with Crippen molar-refractivity contribution >= 4 is 0 Å². The molecule has 4 nitrogen and oxygen atoms in total. The number of nitrogens with two attached hydrogens (primary N) is 1. The zero-order valence-corrected chi connectivity index (χ0v) is 7.80. The summed E-state index contributed by atoms with van der Waals surface area (Å²) in [5.41, 5.74) is 4.99. The van der Waals surface area contributed by atoms with Crippen molar-refractivity contribution in [1.82, 2.24) is 9.78 Å². The number of H-pyrrole nitrogens is 1. The highest BCUT2D eigenvalue weighted by atomic mass is 19.1. The van der Waals surface area contributed by atoms with E-state index in [4.69, 9.17) is 5.73 Å². The Labute approximate surface area is 75.5 Å². The molecule has 0 aliphatic rings. The fourth-order valence-corrected chi connectivity index (χ4v) is 1.15. The molecule has 0 amide bonds. The fraction of sp³-hybridized carbons (Fsp3) is 0.625. The Morgan fingerprint density at radius 1 is 1.62 bits per heavy atom. The average Bonchev–Trinajstić information content (AvgIpc) is 2.33. The third kappa shape index (κ3) is 1.80. The van der Waals surface area contributed by atoms with E-state index in [1.165, 1.54) is 4.68 Å². The van der Waals surface area contributed by atoms with Crippen molar-refractivity contribution in [3.8, 4) is 0 Å². The summed E-state index contributed by atoms with van der Waals surface area (Å²) in [7, 11) is 0.